The second-order valence-electron chi connectivity index (χ2n) is 5.22. The van der Waals surface area contributed by atoms with Gasteiger partial charge in [0.15, 0.2) is 11.6 Å². The van der Waals surface area contributed by atoms with E-state index in [1.165, 1.54) is 0 Å². The zero-order valence-electron chi connectivity index (χ0n) is 14.2. The van der Waals surface area contributed by atoms with E-state index in [1.807, 2.05) is 62.4 Å². The molecule has 0 bridgehead atoms. The van der Waals surface area contributed by atoms with Crippen molar-refractivity contribution in [3.63, 3.8) is 0 Å². The molecule has 0 aliphatic heterocycles. The van der Waals surface area contributed by atoms with E-state index in [4.69, 9.17) is 20.2 Å². The molecule has 3 rings (SSSR count). The SMILES string of the molecule is Cc1ccccc1N=Cc1n[nH]c(C=Nc2ccccc2C)n1.[Cl][Fe][Cl]. The van der Waals surface area contributed by atoms with Gasteiger partial charge in [-0.15, -0.1) is 0 Å². The molecule has 0 spiro atoms. The molecule has 1 aromatic heterocycles. The summed E-state index contributed by atoms with van der Waals surface area (Å²) < 4.78 is 0. The Kier molecular flexibility index (Phi) is 8.51. The summed E-state index contributed by atoms with van der Waals surface area (Å²) in [5, 5.41) is 6.96. The molecule has 0 amide bonds. The summed E-state index contributed by atoms with van der Waals surface area (Å²) in [6, 6.07) is 15.8. The number of H-pyrrole nitrogens is 1. The fraction of sp³-hybridized carbons (Fsp3) is 0.111. The number of rotatable bonds is 4. The van der Waals surface area contributed by atoms with Gasteiger partial charge in [0.05, 0.1) is 23.8 Å². The van der Waals surface area contributed by atoms with E-state index in [1.54, 1.807) is 12.4 Å². The topological polar surface area (TPSA) is 66.3 Å². The Balaban J connectivity index is 0.000000758. The monoisotopic (exact) mass is 429 g/mol. The Morgan fingerprint density at radius 1 is 0.885 bits per heavy atom. The van der Waals surface area contributed by atoms with E-state index < -0.39 is 0 Å². The number of para-hydroxylation sites is 2. The molecule has 2 aromatic carbocycles. The number of aromatic nitrogens is 3. The predicted molar refractivity (Wildman–Crippen MR) is 105 cm³/mol. The van der Waals surface area contributed by atoms with Crippen molar-refractivity contribution in [1.29, 1.82) is 0 Å². The van der Waals surface area contributed by atoms with Crippen molar-refractivity contribution in [2.24, 2.45) is 9.98 Å². The van der Waals surface area contributed by atoms with Crippen LogP contribution in [0.4, 0.5) is 11.4 Å². The van der Waals surface area contributed by atoms with E-state index in [0.29, 0.717) is 11.6 Å². The molecule has 0 atom stereocenters. The van der Waals surface area contributed by atoms with Gasteiger partial charge < -0.3 is 0 Å². The number of hydrogen-bond donors (Lipinski definition) is 1. The molecule has 5 nitrogen and oxygen atoms in total. The van der Waals surface area contributed by atoms with Gasteiger partial charge >= 0.3 is 33.3 Å². The summed E-state index contributed by atoms with van der Waals surface area (Å²) in [7, 11) is 9.53. The van der Waals surface area contributed by atoms with Gasteiger partial charge in [-0.25, -0.2) is 4.98 Å². The Bertz CT molecular complexity index is 823. The van der Waals surface area contributed by atoms with Crippen LogP contribution in [0, 0.1) is 13.8 Å². The van der Waals surface area contributed by atoms with Gasteiger partial charge in [-0.3, -0.25) is 15.1 Å². The van der Waals surface area contributed by atoms with Crippen LogP contribution in [0.15, 0.2) is 58.5 Å². The average Bonchev–Trinajstić information content (AvgIpc) is 3.09. The van der Waals surface area contributed by atoms with Crippen LogP contribution in [-0.4, -0.2) is 27.6 Å². The zero-order valence-corrected chi connectivity index (χ0v) is 16.8. The fourth-order valence-corrected chi connectivity index (χ4v) is 2.08. The molecular weight excluding hydrogens is 413 g/mol. The van der Waals surface area contributed by atoms with Gasteiger partial charge in [0, 0.05) is 0 Å². The van der Waals surface area contributed by atoms with Crippen LogP contribution in [0.5, 0.6) is 0 Å². The van der Waals surface area contributed by atoms with Gasteiger partial charge in [0.1, 0.15) is 0 Å². The summed E-state index contributed by atoms with van der Waals surface area (Å²) in [5.41, 5.74) is 4.05. The molecule has 136 valence electrons. The third-order valence-corrected chi connectivity index (χ3v) is 3.40. The summed E-state index contributed by atoms with van der Waals surface area (Å²) >= 11 is 0.194. The third kappa shape index (κ3) is 6.39. The first kappa shape index (κ1) is 20.3. The number of aromatic amines is 1. The quantitative estimate of drug-likeness (QED) is 0.451. The Hall–Kier alpha value is -1.98. The molecule has 26 heavy (non-hydrogen) atoms. The maximum atomic E-state index is 4.76. The molecule has 0 saturated heterocycles. The van der Waals surface area contributed by atoms with E-state index in [-0.39, 0.29) is 13.1 Å². The number of benzene rings is 2. The van der Waals surface area contributed by atoms with Gasteiger partial charge in [0.25, 0.3) is 0 Å². The molecule has 8 heteroatoms. The minimum absolute atomic E-state index is 0.194. The van der Waals surface area contributed by atoms with Crippen molar-refractivity contribution in [3.05, 3.63) is 71.3 Å². The Labute approximate surface area is 167 Å². The second kappa shape index (κ2) is 10.9. The number of aryl methyl sites for hydroxylation is 2. The van der Waals surface area contributed by atoms with Crippen LogP contribution in [0.1, 0.15) is 22.8 Å². The van der Waals surface area contributed by atoms with Crippen LogP contribution in [0.3, 0.4) is 0 Å². The molecule has 0 unspecified atom stereocenters. The number of hydrogen-bond acceptors (Lipinski definition) is 4. The van der Waals surface area contributed by atoms with Gasteiger partial charge in [0.2, 0.25) is 0 Å². The maximum absolute atomic E-state index is 4.76. The Morgan fingerprint density at radius 3 is 1.92 bits per heavy atom. The Morgan fingerprint density at radius 2 is 1.38 bits per heavy atom. The van der Waals surface area contributed by atoms with Crippen LogP contribution in [0.2, 0.25) is 0 Å². The zero-order chi connectivity index (χ0) is 18.8. The normalized spacial score (nSPS) is 11.1. The van der Waals surface area contributed by atoms with Crippen molar-refractivity contribution >= 4 is 44.0 Å². The van der Waals surface area contributed by atoms with E-state index in [0.717, 1.165) is 22.5 Å². The first-order valence-corrected chi connectivity index (χ1v) is 10.6. The fourth-order valence-electron chi connectivity index (χ4n) is 2.08. The van der Waals surface area contributed by atoms with Gasteiger partial charge in [-0.05, 0) is 37.1 Å². The molecule has 0 fully saturated rings. The molecular formula is C18H17Cl2FeN5. The van der Waals surface area contributed by atoms with Crippen molar-refractivity contribution < 1.29 is 13.1 Å². The second-order valence-corrected chi connectivity index (χ2v) is 7.04. The number of halogens is 2. The summed E-state index contributed by atoms with van der Waals surface area (Å²) in [4.78, 5) is 13.2. The summed E-state index contributed by atoms with van der Waals surface area (Å²) in [6.07, 6.45) is 3.31. The predicted octanol–water partition coefficient (Wildman–Crippen LogP) is 5.30. The average molecular weight is 430 g/mol. The third-order valence-electron chi connectivity index (χ3n) is 3.40. The molecule has 1 N–H and O–H groups in total. The van der Waals surface area contributed by atoms with Crippen LogP contribution < -0.4 is 0 Å². The first-order chi connectivity index (χ1) is 12.6. The number of aliphatic imine (C=N–C) groups is 2. The standard InChI is InChI=1S/C18H17N5.2ClH.Fe/c1-13-7-3-5-9-15(13)19-11-17-21-18(23-22-17)12-20-16-10-6-4-8-14(16)2;;;/h3-12H,1-2H3,(H,21,22,23);2*1H;/q;;;+2/p-2. The van der Waals surface area contributed by atoms with Crippen LogP contribution in [-0.2, 0) is 13.1 Å². The molecule has 0 aliphatic carbocycles. The van der Waals surface area contributed by atoms with E-state index >= 15 is 0 Å². The van der Waals surface area contributed by atoms with E-state index in [2.05, 4.69) is 25.2 Å². The minimum atomic E-state index is 0.194. The van der Waals surface area contributed by atoms with Crippen molar-refractivity contribution in [2.45, 2.75) is 13.8 Å². The molecule has 0 saturated carbocycles. The number of nitrogens with one attached hydrogen (secondary N) is 1. The van der Waals surface area contributed by atoms with E-state index in [9.17, 15) is 0 Å². The molecule has 3 aromatic rings. The number of nitrogens with zero attached hydrogens (tertiary/aromatic N) is 4. The van der Waals surface area contributed by atoms with Crippen molar-refractivity contribution in [2.75, 3.05) is 0 Å². The van der Waals surface area contributed by atoms with Crippen molar-refractivity contribution in [1.82, 2.24) is 15.2 Å². The summed E-state index contributed by atoms with van der Waals surface area (Å²) in [5.74, 6) is 1.12. The molecule has 0 radical (unpaired) electrons. The van der Waals surface area contributed by atoms with Crippen molar-refractivity contribution in [3.8, 4) is 0 Å². The molecule has 1 heterocycles. The summed E-state index contributed by atoms with van der Waals surface area (Å²) in [6.45, 7) is 4.04. The van der Waals surface area contributed by atoms with Gasteiger partial charge in [-0.2, -0.15) is 5.10 Å². The van der Waals surface area contributed by atoms with Gasteiger partial charge in [-0.1, -0.05) is 36.4 Å². The first-order valence-electron chi connectivity index (χ1n) is 7.61. The van der Waals surface area contributed by atoms with Crippen LogP contribution >= 0.6 is 20.2 Å². The molecule has 0 aliphatic rings. The van der Waals surface area contributed by atoms with Crippen LogP contribution in [0.25, 0.3) is 0 Å².